The van der Waals surface area contributed by atoms with Gasteiger partial charge in [0, 0.05) is 13.6 Å². The van der Waals surface area contributed by atoms with E-state index in [9.17, 15) is 9.59 Å². The molecule has 10 nitrogen and oxygen atoms in total. The first kappa shape index (κ1) is 26.1. The molecule has 0 aliphatic heterocycles. The number of rotatable bonds is 10. The van der Waals surface area contributed by atoms with Crippen LogP contribution in [-0.2, 0) is 18.4 Å². The van der Waals surface area contributed by atoms with Gasteiger partial charge in [-0.15, -0.1) is 10.2 Å². The Morgan fingerprint density at radius 1 is 1.08 bits per heavy atom. The maximum absolute atomic E-state index is 13.1. The smallest absolute Gasteiger partial charge is 0.295 e. The lowest BCUT2D eigenvalue weighted by molar-refractivity contribution is -0.113. The monoisotopic (exact) mass is 522 g/mol. The van der Waals surface area contributed by atoms with Gasteiger partial charge in [0.05, 0.1) is 24.2 Å². The lowest BCUT2D eigenvalue weighted by Crippen LogP contribution is -2.23. The van der Waals surface area contributed by atoms with Crippen molar-refractivity contribution in [1.29, 1.82) is 0 Å². The molecule has 0 radical (unpaired) electrons. The van der Waals surface area contributed by atoms with Crippen LogP contribution in [0, 0.1) is 6.92 Å². The summed E-state index contributed by atoms with van der Waals surface area (Å²) in [6, 6.07) is 16.6. The highest BCUT2D eigenvalue weighted by molar-refractivity contribution is 7.99. The van der Waals surface area contributed by atoms with Crippen LogP contribution in [0.3, 0.4) is 0 Å². The number of hydrogen-bond donors (Lipinski definition) is 1. The molecule has 2 heterocycles. The topological polar surface area (TPSA) is 105 Å². The fourth-order valence-corrected chi connectivity index (χ4v) is 4.74. The Labute approximate surface area is 219 Å². The molecule has 1 amide bonds. The summed E-state index contributed by atoms with van der Waals surface area (Å²) >= 11 is 1.26. The summed E-state index contributed by atoms with van der Waals surface area (Å²) in [6.45, 7) is 6.30. The number of hydrogen-bond acceptors (Lipinski definition) is 7. The van der Waals surface area contributed by atoms with Crippen molar-refractivity contribution in [2.75, 3.05) is 18.2 Å². The first-order valence-electron chi connectivity index (χ1n) is 11.8. The molecule has 0 aliphatic rings. The molecule has 0 aliphatic carbocycles. The van der Waals surface area contributed by atoms with E-state index < -0.39 is 0 Å². The first-order valence-corrected chi connectivity index (χ1v) is 12.8. The molecule has 1 N–H and O–H groups in total. The summed E-state index contributed by atoms with van der Waals surface area (Å²) in [7, 11) is 3.40. The molecule has 4 rings (SSSR count). The van der Waals surface area contributed by atoms with Gasteiger partial charge in [-0.3, -0.25) is 14.3 Å². The highest BCUT2D eigenvalue weighted by Gasteiger charge is 2.21. The molecule has 0 fully saturated rings. The predicted molar refractivity (Wildman–Crippen MR) is 143 cm³/mol. The summed E-state index contributed by atoms with van der Waals surface area (Å²) in [5.74, 6) is 1.87. The summed E-state index contributed by atoms with van der Waals surface area (Å²) < 4.78 is 16.4. The van der Waals surface area contributed by atoms with Crippen molar-refractivity contribution in [3.05, 3.63) is 76.5 Å². The van der Waals surface area contributed by atoms with E-state index in [4.69, 9.17) is 9.47 Å². The molecule has 1 unspecified atom stereocenters. The third kappa shape index (κ3) is 5.56. The van der Waals surface area contributed by atoms with Gasteiger partial charge in [0.25, 0.3) is 5.56 Å². The molecular formula is C26H30N6O4S. The van der Waals surface area contributed by atoms with Crippen LogP contribution in [-0.4, -0.2) is 42.9 Å². The van der Waals surface area contributed by atoms with Crippen LogP contribution >= 0.6 is 11.8 Å². The SMILES string of the molecule is CCn1c(SCC(=O)Nc2c(C)n(C)n(-c3ccccc3)c2=O)nnc1C(C)Oc1ccc(OC)cc1. The Hall–Kier alpha value is -3.99. The van der Waals surface area contributed by atoms with Crippen molar-refractivity contribution in [2.24, 2.45) is 7.05 Å². The van der Waals surface area contributed by atoms with Crippen molar-refractivity contribution < 1.29 is 14.3 Å². The van der Waals surface area contributed by atoms with Gasteiger partial charge in [-0.2, -0.15) is 0 Å². The maximum Gasteiger partial charge on any atom is 0.295 e. The Bertz CT molecular complexity index is 1430. The van der Waals surface area contributed by atoms with E-state index >= 15 is 0 Å². The molecule has 1 atom stereocenters. The van der Waals surface area contributed by atoms with E-state index in [2.05, 4.69) is 15.5 Å². The van der Waals surface area contributed by atoms with Gasteiger partial charge in [0.1, 0.15) is 17.2 Å². The molecule has 0 saturated heterocycles. The standard InChI is InChI=1S/C26H30N6O4S/c1-6-31-24(18(3)36-21-14-12-20(35-5)13-15-21)28-29-26(31)37-16-22(33)27-23-17(2)30(4)32(25(23)34)19-10-8-7-9-11-19/h7-15,18H,6,16H2,1-5H3,(H,27,33). The summed E-state index contributed by atoms with van der Waals surface area (Å²) in [5.41, 5.74) is 1.36. The van der Waals surface area contributed by atoms with Crippen molar-refractivity contribution in [2.45, 2.75) is 38.6 Å². The van der Waals surface area contributed by atoms with E-state index in [-0.39, 0.29) is 29.0 Å². The van der Waals surface area contributed by atoms with Crippen molar-refractivity contribution in [1.82, 2.24) is 24.1 Å². The fourth-order valence-electron chi connectivity index (χ4n) is 3.93. The number of methoxy groups -OCH3 is 1. The van der Waals surface area contributed by atoms with Gasteiger partial charge in [0.15, 0.2) is 17.1 Å². The normalized spacial score (nSPS) is 11.8. The highest BCUT2D eigenvalue weighted by Crippen LogP contribution is 2.26. The zero-order valence-corrected chi connectivity index (χ0v) is 22.3. The van der Waals surface area contributed by atoms with Crippen molar-refractivity contribution >= 4 is 23.4 Å². The number of aromatic nitrogens is 5. The second-order valence-electron chi connectivity index (χ2n) is 8.29. The lowest BCUT2D eigenvalue weighted by atomic mass is 10.3. The maximum atomic E-state index is 13.1. The summed E-state index contributed by atoms with van der Waals surface area (Å²) in [4.78, 5) is 25.9. The van der Waals surface area contributed by atoms with Crippen molar-refractivity contribution in [3.8, 4) is 17.2 Å². The van der Waals surface area contributed by atoms with E-state index in [1.54, 1.807) is 25.8 Å². The fraction of sp³-hybridized carbons (Fsp3) is 0.308. The molecule has 37 heavy (non-hydrogen) atoms. The molecule has 0 bridgehead atoms. The number of amides is 1. The van der Waals surface area contributed by atoms with Crippen LogP contribution in [0.25, 0.3) is 5.69 Å². The van der Waals surface area contributed by atoms with Gasteiger partial charge in [-0.05, 0) is 57.2 Å². The molecule has 194 valence electrons. The van der Waals surface area contributed by atoms with E-state index in [0.717, 1.165) is 11.4 Å². The number of nitrogens with zero attached hydrogens (tertiary/aromatic N) is 5. The van der Waals surface area contributed by atoms with Gasteiger partial charge in [-0.1, -0.05) is 30.0 Å². The minimum Gasteiger partial charge on any atom is -0.497 e. The van der Waals surface area contributed by atoms with Crippen LogP contribution in [0.2, 0.25) is 0 Å². The number of nitrogens with one attached hydrogen (secondary N) is 1. The zero-order chi connectivity index (χ0) is 26.5. The summed E-state index contributed by atoms with van der Waals surface area (Å²) in [5, 5.41) is 12.0. The van der Waals surface area contributed by atoms with Crippen LogP contribution in [0.5, 0.6) is 11.5 Å². The van der Waals surface area contributed by atoms with Crippen LogP contribution < -0.4 is 20.3 Å². The predicted octanol–water partition coefficient (Wildman–Crippen LogP) is 3.98. The molecule has 0 spiro atoms. The zero-order valence-electron chi connectivity index (χ0n) is 21.5. The molecule has 2 aromatic heterocycles. The third-order valence-electron chi connectivity index (χ3n) is 5.95. The quantitative estimate of drug-likeness (QED) is 0.314. The van der Waals surface area contributed by atoms with Gasteiger partial charge >= 0.3 is 0 Å². The average Bonchev–Trinajstić information content (AvgIpc) is 3.42. The van der Waals surface area contributed by atoms with Crippen LogP contribution in [0.15, 0.2) is 64.5 Å². The number of carbonyl (C=O) groups is 1. The Morgan fingerprint density at radius 2 is 1.76 bits per heavy atom. The average molecular weight is 523 g/mol. The molecule has 2 aromatic carbocycles. The Morgan fingerprint density at radius 3 is 2.41 bits per heavy atom. The van der Waals surface area contributed by atoms with Crippen LogP contribution in [0.1, 0.15) is 31.5 Å². The van der Waals surface area contributed by atoms with Crippen molar-refractivity contribution in [3.63, 3.8) is 0 Å². The number of benzene rings is 2. The molecule has 4 aromatic rings. The Balaban J connectivity index is 1.43. The number of para-hydroxylation sites is 1. The first-order chi connectivity index (χ1) is 17.8. The summed E-state index contributed by atoms with van der Waals surface area (Å²) in [6.07, 6.45) is -0.354. The molecular weight excluding hydrogens is 492 g/mol. The second-order valence-corrected chi connectivity index (χ2v) is 9.24. The number of ether oxygens (including phenoxy) is 2. The van der Waals surface area contributed by atoms with Gasteiger partial charge in [0.2, 0.25) is 5.91 Å². The van der Waals surface area contributed by atoms with E-state index in [1.807, 2.05) is 73.0 Å². The second kappa shape index (κ2) is 11.4. The van der Waals surface area contributed by atoms with Crippen LogP contribution in [0.4, 0.5) is 5.69 Å². The van der Waals surface area contributed by atoms with E-state index in [0.29, 0.717) is 29.0 Å². The Kier molecular flexibility index (Phi) is 8.02. The number of anilines is 1. The highest BCUT2D eigenvalue weighted by atomic mass is 32.2. The molecule has 11 heteroatoms. The van der Waals surface area contributed by atoms with Gasteiger partial charge in [-0.25, -0.2) is 4.68 Å². The minimum absolute atomic E-state index is 0.0744. The third-order valence-corrected chi connectivity index (χ3v) is 6.92. The van der Waals surface area contributed by atoms with E-state index in [1.165, 1.54) is 16.4 Å². The largest absolute Gasteiger partial charge is 0.497 e. The number of thioether (sulfide) groups is 1. The minimum atomic E-state index is -0.354. The van der Waals surface area contributed by atoms with Gasteiger partial charge < -0.3 is 19.4 Å². The lowest BCUT2D eigenvalue weighted by Gasteiger charge is -2.15. The number of carbonyl (C=O) groups excluding carboxylic acids is 1. The molecule has 0 saturated carbocycles.